The number of carbonyl (C=O) groups is 1. The van der Waals surface area contributed by atoms with Gasteiger partial charge in [0, 0.05) is 37.3 Å². The molecule has 0 spiro atoms. The van der Waals surface area contributed by atoms with Crippen molar-refractivity contribution in [1.29, 1.82) is 0 Å². The van der Waals surface area contributed by atoms with Crippen LogP contribution >= 0.6 is 23.7 Å². The summed E-state index contributed by atoms with van der Waals surface area (Å²) in [6.07, 6.45) is 6.23. The fourth-order valence-electron chi connectivity index (χ4n) is 4.55. The minimum absolute atomic E-state index is 0.0480. The Morgan fingerprint density at radius 3 is 2.40 bits per heavy atom. The van der Waals surface area contributed by atoms with Crippen molar-refractivity contribution in [2.75, 3.05) is 9.62 Å². The zero-order valence-electron chi connectivity index (χ0n) is 25.2. The number of nitrogens with zero attached hydrogens (tertiary/aromatic N) is 2. The lowest BCUT2D eigenvalue weighted by Crippen LogP contribution is -2.31. The molecule has 3 N–H and O–H groups in total. The van der Waals surface area contributed by atoms with Crippen LogP contribution in [0, 0.1) is 19.7 Å². The molecule has 6 rings (SSSR count). The quantitative estimate of drug-likeness (QED) is 0.189. The first-order valence-electron chi connectivity index (χ1n) is 15.0. The molecular weight excluding hydrogens is 589 g/mol. The van der Waals surface area contributed by atoms with Gasteiger partial charge in [-0.15, -0.1) is 0 Å². The van der Waals surface area contributed by atoms with E-state index in [9.17, 15) is 14.0 Å². The van der Waals surface area contributed by atoms with Crippen LogP contribution in [-0.4, -0.2) is 28.6 Å². The lowest BCUT2D eigenvalue weighted by Gasteiger charge is -2.25. The smallest absolute Gasteiger partial charge is 0.259 e. The van der Waals surface area contributed by atoms with Gasteiger partial charge in [-0.2, -0.15) is 0 Å². The summed E-state index contributed by atoms with van der Waals surface area (Å²) in [5, 5.41) is 6.39. The summed E-state index contributed by atoms with van der Waals surface area (Å²) in [5.41, 5.74) is 1.67. The van der Waals surface area contributed by atoms with Crippen LogP contribution in [0.5, 0.6) is 11.5 Å². The summed E-state index contributed by atoms with van der Waals surface area (Å²) < 4.78 is 28.3. The van der Waals surface area contributed by atoms with Crippen LogP contribution in [0.15, 0.2) is 41.2 Å². The summed E-state index contributed by atoms with van der Waals surface area (Å²) >= 11 is 8.51. The Bertz CT molecular complexity index is 1570. The number of rotatable bonds is 11. The highest BCUT2D eigenvalue weighted by Gasteiger charge is 2.35. The van der Waals surface area contributed by atoms with E-state index < -0.39 is 11.7 Å². The summed E-state index contributed by atoms with van der Waals surface area (Å²) in [6, 6.07) is 11.2. The number of pyridine rings is 1. The van der Waals surface area contributed by atoms with Crippen LogP contribution in [0.2, 0.25) is 5.02 Å². The molecule has 0 aliphatic heterocycles. The predicted octanol–water partition coefficient (Wildman–Crippen LogP) is 7.53. The van der Waals surface area contributed by atoms with E-state index in [0.717, 1.165) is 36.9 Å². The molecule has 3 aliphatic carbocycles. The highest BCUT2D eigenvalue weighted by Crippen LogP contribution is 2.45. The molecule has 0 unspecified atom stereocenters. The Labute approximate surface area is 261 Å². The molecule has 3 fully saturated rings. The average molecular weight is 628 g/mol. The number of amides is 1. The van der Waals surface area contributed by atoms with Gasteiger partial charge in [-0.1, -0.05) is 37.6 Å². The number of hydrogen-bond acceptors (Lipinski definition) is 7. The first-order valence-corrected chi connectivity index (χ1v) is 16.1. The number of aryl methyl sites for hydroxylation is 1. The van der Waals surface area contributed by atoms with Crippen molar-refractivity contribution in [1.82, 2.24) is 14.6 Å². The van der Waals surface area contributed by atoms with Crippen LogP contribution in [0.1, 0.15) is 73.9 Å². The van der Waals surface area contributed by atoms with Crippen LogP contribution in [-0.2, 0) is 7.05 Å². The molecule has 0 radical (unpaired) electrons. The molecule has 0 saturated heterocycles. The van der Waals surface area contributed by atoms with E-state index in [0.29, 0.717) is 22.9 Å². The lowest BCUT2D eigenvalue weighted by molar-refractivity contribution is 0.0948. The number of ether oxygens (including phenoxy) is 1. The van der Waals surface area contributed by atoms with Gasteiger partial charge in [-0.05, 0) is 82.2 Å². The van der Waals surface area contributed by atoms with E-state index in [2.05, 4.69) is 19.7 Å². The van der Waals surface area contributed by atoms with E-state index in [1.54, 1.807) is 51.2 Å². The van der Waals surface area contributed by atoms with Crippen molar-refractivity contribution in [3.05, 3.63) is 74.3 Å². The molecule has 0 atom stereocenters. The first kappa shape index (κ1) is 31.2. The summed E-state index contributed by atoms with van der Waals surface area (Å²) in [7, 11) is 1.55. The SMILES string of the molecule is CC.Cc1ccc(Nc2c(C(=O)NC3CC3)c(Oc3cccc(N(SNC4CC4)C4CC4)c3Cl)c(C)c(=O)n2C)c(F)c1. The van der Waals surface area contributed by atoms with Crippen LogP contribution in [0.3, 0.4) is 0 Å². The molecule has 0 bridgehead atoms. The standard InChI is InChI=1S/C30H33ClFN5O3S.C2H6/c1-16-7-14-22(21(32)15-16)34-28-25(29(38)33-18-8-9-18)27(17(2)30(39)36(28)3)40-24-6-4-5-23(26(24)31)37(20-12-13-20)41-35-19-10-11-19;1-2/h4-7,14-15,18-20,34-35H,8-13H2,1-3H3,(H,33,38);1-2H3. The Hall–Kier alpha value is -3.21. The Kier molecular flexibility index (Phi) is 9.58. The van der Waals surface area contributed by atoms with Crippen molar-refractivity contribution in [2.24, 2.45) is 7.05 Å². The van der Waals surface area contributed by atoms with Gasteiger partial charge in [0.05, 0.1) is 16.9 Å². The third-order valence-electron chi connectivity index (χ3n) is 7.45. The van der Waals surface area contributed by atoms with E-state index in [-0.39, 0.29) is 40.0 Å². The average Bonchev–Trinajstić information content (AvgIpc) is 3.83. The van der Waals surface area contributed by atoms with Gasteiger partial charge < -0.3 is 15.4 Å². The van der Waals surface area contributed by atoms with E-state index in [1.807, 2.05) is 26.0 Å². The van der Waals surface area contributed by atoms with Crippen molar-refractivity contribution in [3.8, 4) is 11.5 Å². The molecule has 8 nitrogen and oxygen atoms in total. The topological polar surface area (TPSA) is 87.6 Å². The number of anilines is 3. The molecule has 3 aliphatic rings. The Morgan fingerprint density at radius 1 is 1.07 bits per heavy atom. The minimum Gasteiger partial charge on any atom is -0.454 e. The lowest BCUT2D eigenvalue weighted by atomic mass is 10.1. The molecule has 43 heavy (non-hydrogen) atoms. The van der Waals surface area contributed by atoms with Gasteiger partial charge in [-0.25, -0.2) is 9.11 Å². The maximum absolute atomic E-state index is 14.9. The molecule has 11 heteroatoms. The van der Waals surface area contributed by atoms with Crippen LogP contribution in [0.4, 0.5) is 21.6 Å². The number of benzene rings is 2. The first-order chi connectivity index (χ1) is 20.7. The van der Waals surface area contributed by atoms with Gasteiger partial charge >= 0.3 is 0 Å². The number of carbonyl (C=O) groups excluding carboxylic acids is 1. The largest absolute Gasteiger partial charge is 0.454 e. The van der Waals surface area contributed by atoms with Crippen molar-refractivity contribution in [3.63, 3.8) is 0 Å². The van der Waals surface area contributed by atoms with E-state index in [1.165, 1.54) is 23.5 Å². The second-order valence-electron chi connectivity index (χ2n) is 11.1. The molecular formula is C32H39ClFN5O3S. The zero-order chi connectivity index (χ0) is 30.8. The summed E-state index contributed by atoms with van der Waals surface area (Å²) in [6.45, 7) is 7.41. The molecule has 3 aromatic rings. The molecule has 230 valence electrons. The van der Waals surface area contributed by atoms with Crippen molar-refractivity contribution in [2.45, 2.75) is 84.3 Å². The zero-order valence-corrected chi connectivity index (χ0v) is 26.8. The van der Waals surface area contributed by atoms with Gasteiger partial charge in [0.15, 0.2) is 5.75 Å². The number of nitrogens with one attached hydrogen (secondary N) is 3. The molecule has 1 heterocycles. The highest BCUT2D eigenvalue weighted by molar-refractivity contribution is 7.98. The number of hydrogen-bond donors (Lipinski definition) is 3. The monoisotopic (exact) mass is 627 g/mol. The van der Waals surface area contributed by atoms with Crippen molar-refractivity contribution < 1.29 is 13.9 Å². The maximum atomic E-state index is 14.9. The molecule has 1 amide bonds. The fourth-order valence-corrected chi connectivity index (χ4v) is 5.97. The number of aromatic nitrogens is 1. The molecule has 3 saturated carbocycles. The molecule has 2 aromatic carbocycles. The number of halogens is 2. The molecule has 1 aromatic heterocycles. The highest BCUT2D eigenvalue weighted by atomic mass is 35.5. The Balaban J connectivity index is 0.00000180. The van der Waals surface area contributed by atoms with Gasteiger partial charge in [0.1, 0.15) is 28.0 Å². The van der Waals surface area contributed by atoms with E-state index >= 15 is 0 Å². The second kappa shape index (κ2) is 13.2. The normalized spacial score (nSPS) is 15.8. The second-order valence-corrected chi connectivity index (χ2v) is 12.3. The summed E-state index contributed by atoms with van der Waals surface area (Å²) in [4.78, 5) is 27.1. The third kappa shape index (κ3) is 7.13. The van der Waals surface area contributed by atoms with Gasteiger partial charge in [0.25, 0.3) is 11.5 Å². The maximum Gasteiger partial charge on any atom is 0.259 e. The Morgan fingerprint density at radius 2 is 1.77 bits per heavy atom. The van der Waals surface area contributed by atoms with Gasteiger partial charge in [-0.3, -0.25) is 18.5 Å². The van der Waals surface area contributed by atoms with E-state index in [4.69, 9.17) is 16.3 Å². The predicted molar refractivity (Wildman–Crippen MR) is 173 cm³/mol. The fraction of sp³-hybridized carbons (Fsp3) is 0.438. The van der Waals surface area contributed by atoms with Crippen LogP contribution in [0.25, 0.3) is 0 Å². The van der Waals surface area contributed by atoms with Crippen molar-refractivity contribution >= 4 is 46.8 Å². The van der Waals surface area contributed by atoms with Crippen LogP contribution < -0.4 is 30.0 Å². The van der Waals surface area contributed by atoms with Gasteiger partial charge in [0.2, 0.25) is 0 Å². The summed E-state index contributed by atoms with van der Waals surface area (Å²) in [5.74, 6) is -0.365. The minimum atomic E-state index is -0.498. The third-order valence-corrected chi connectivity index (χ3v) is 8.96.